The van der Waals surface area contributed by atoms with Gasteiger partial charge in [-0.05, 0) is 82.6 Å². The number of carbonyl (C=O) groups excluding carboxylic acids is 3. The number of halogens is 1. The molecule has 42 heavy (non-hydrogen) atoms. The Kier molecular flexibility index (Phi) is 11.4. The molecule has 0 aromatic heterocycles. The van der Waals surface area contributed by atoms with Gasteiger partial charge in [-0.25, -0.2) is 0 Å². The SMILES string of the molecule is Cc1cc(C)c(C(=O)P(=O)(C(=O)c2c(C)cc(C)cc2C)C(C(=O)OCCCC2CCCCC2)C(Cl)C(=O)O)c(C)c1. The molecule has 0 amide bonds. The van der Waals surface area contributed by atoms with Gasteiger partial charge in [0.15, 0.2) is 11.0 Å². The molecule has 2 aromatic carbocycles. The largest absolute Gasteiger partial charge is 0.480 e. The number of ether oxygens (including phenoxy) is 1. The molecule has 0 bridgehead atoms. The Morgan fingerprint density at radius 3 is 1.67 bits per heavy atom. The molecular weight excluding hydrogens is 575 g/mol. The minimum Gasteiger partial charge on any atom is -0.480 e. The number of rotatable bonds is 12. The summed E-state index contributed by atoms with van der Waals surface area (Å²) in [6.07, 6.45) is 7.15. The summed E-state index contributed by atoms with van der Waals surface area (Å²) in [5.41, 5.74) is -0.790. The van der Waals surface area contributed by atoms with Crippen molar-refractivity contribution in [3.05, 3.63) is 68.8 Å². The van der Waals surface area contributed by atoms with Crippen LogP contribution in [-0.2, 0) is 18.9 Å². The van der Waals surface area contributed by atoms with E-state index >= 15 is 4.57 Å². The van der Waals surface area contributed by atoms with Gasteiger partial charge >= 0.3 is 11.9 Å². The maximum atomic E-state index is 15.2. The molecule has 2 atom stereocenters. The highest BCUT2D eigenvalue weighted by Crippen LogP contribution is 2.59. The van der Waals surface area contributed by atoms with Crippen LogP contribution in [0.5, 0.6) is 0 Å². The monoisotopic (exact) mass is 616 g/mol. The van der Waals surface area contributed by atoms with Crippen LogP contribution in [0.1, 0.15) is 99.0 Å². The Bertz CT molecular complexity index is 1300. The van der Waals surface area contributed by atoms with Gasteiger partial charge < -0.3 is 14.4 Å². The summed E-state index contributed by atoms with van der Waals surface area (Å²) >= 11 is 6.29. The lowest BCUT2D eigenvalue weighted by Crippen LogP contribution is -2.41. The summed E-state index contributed by atoms with van der Waals surface area (Å²) < 4.78 is 20.7. The predicted octanol–water partition coefficient (Wildman–Crippen LogP) is 7.85. The first-order valence-electron chi connectivity index (χ1n) is 14.6. The maximum Gasteiger partial charge on any atom is 0.323 e. The van der Waals surface area contributed by atoms with Crippen LogP contribution in [-0.4, -0.2) is 45.7 Å². The smallest absolute Gasteiger partial charge is 0.323 e. The van der Waals surface area contributed by atoms with Gasteiger partial charge in [-0.1, -0.05) is 67.5 Å². The van der Waals surface area contributed by atoms with Gasteiger partial charge in [0.1, 0.15) is 0 Å². The van der Waals surface area contributed by atoms with Gasteiger partial charge in [-0.15, -0.1) is 11.6 Å². The lowest BCUT2D eigenvalue weighted by atomic mass is 9.86. The number of benzene rings is 2. The molecule has 2 aromatic rings. The number of aliphatic carboxylic acids is 1. The topological polar surface area (TPSA) is 115 Å². The lowest BCUT2D eigenvalue weighted by molar-refractivity contribution is -0.147. The third kappa shape index (κ3) is 7.23. The van der Waals surface area contributed by atoms with Crippen molar-refractivity contribution in [3.8, 4) is 0 Å². The van der Waals surface area contributed by atoms with E-state index in [0.29, 0.717) is 34.6 Å². The van der Waals surface area contributed by atoms with E-state index < -0.39 is 41.2 Å². The molecule has 228 valence electrons. The standard InChI is InChI=1S/C33H42ClO7P/c1-19-15-21(3)26(22(4)16-19)32(38)42(40,33(39)27-23(5)17-20(2)18-24(27)6)29(28(34)30(35)36)31(37)41-14-10-13-25-11-8-7-9-12-25/h15-18,25,28-29H,7-14H2,1-6H3,(H,35,36). The zero-order valence-electron chi connectivity index (χ0n) is 25.4. The van der Waals surface area contributed by atoms with E-state index in [4.69, 9.17) is 16.3 Å². The molecule has 9 heteroatoms. The maximum absolute atomic E-state index is 15.2. The lowest BCUT2D eigenvalue weighted by Gasteiger charge is -2.28. The summed E-state index contributed by atoms with van der Waals surface area (Å²) in [4.78, 5) is 54.7. The van der Waals surface area contributed by atoms with Crippen molar-refractivity contribution < 1.29 is 33.6 Å². The average molecular weight is 617 g/mol. The minimum atomic E-state index is -5.10. The van der Waals surface area contributed by atoms with E-state index in [1.165, 1.54) is 19.3 Å². The van der Waals surface area contributed by atoms with Gasteiger partial charge in [0.25, 0.3) is 0 Å². The van der Waals surface area contributed by atoms with Crippen LogP contribution in [0.25, 0.3) is 0 Å². The zero-order valence-corrected chi connectivity index (χ0v) is 27.1. The Morgan fingerprint density at radius 1 is 0.833 bits per heavy atom. The molecule has 0 radical (unpaired) electrons. The number of alkyl halides is 1. The number of carbonyl (C=O) groups is 4. The van der Waals surface area contributed by atoms with Crippen LogP contribution >= 0.6 is 18.7 Å². The summed E-state index contributed by atoms with van der Waals surface area (Å²) in [5, 5.41) is 7.79. The van der Waals surface area contributed by atoms with Crippen molar-refractivity contribution in [3.63, 3.8) is 0 Å². The van der Waals surface area contributed by atoms with Gasteiger partial charge in [-0.3, -0.25) is 19.2 Å². The predicted molar refractivity (Wildman–Crippen MR) is 165 cm³/mol. The second-order valence-corrected chi connectivity index (χ2v) is 15.0. The zero-order chi connectivity index (χ0) is 31.4. The molecule has 0 aliphatic heterocycles. The van der Waals surface area contributed by atoms with Gasteiger partial charge in [-0.2, -0.15) is 0 Å². The molecular formula is C33H42ClO7P. The first-order chi connectivity index (χ1) is 19.7. The number of carboxylic acids is 1. The van der Waals surface area contributed by atoms with E-state index in [-0.39, 0.29) is 17.7 Å². The summed E-state index contributed by atoms with van der Waals surface area (Å²) in [6, 6.07) is 6.85. The molecule has 2 unspecified atom stereocenters. The van der Waals surface area contributed by atoms with E-state index in [1.807, 2.05) is 13.8 Å². The number of hydrogen-bond donors (Lipinski definition) is 1. The second-order valence-electron chi connectivity index (χ2n) is 11.8. The fraction of sp³-hybridized carbons (Fsp3) is 0.515. The summed E-state index contributed by atoms with van der Waals surface area (Å²) in [7, 11) is -5.10. The first-order valence-corrected chi connectivity index (χ1v) is 16.8. The van der Waals surface area contributed by atoms with E-state index in [9.17, 15) is 24.3 Å². The van der Waals surface area contributed by atoms with Crippen molar-refractivity contribution in [2.45, 2.75) is 97.5 Å². The van der Waals surface area contributed by atoms with Crippen LogP contribution in [0.4, 0.5) is 0 Å². The fourth-order valence-corrected chi connectivity index (χ4v) is 9.91. The van der Waals surface area contributed by atoms with Gasteiger partial charge in [0.05, 0.1) is 6.61 Å². The Labute approximate surface area is 253 Å². The molecule has 1 N–H and O–H groups in total. The van der Waals surface area contributed by atoms with Crippen molar-refractivity contribution in [1.82, 2.24) is 0 Å². The van der Waals surface area contributed by atoms with Crippen LogP contribution in [0.15, 0.2) is 24.3 Å². The summed E-state index contributed by atoms with van der Waals surface area (Å²) in [6.45, 7) is 10.2. The third-order valence-corrected chi connectivity index (χ3v) is 11.8. The Morgan fingerprint density at radius 2 is 1.26 bits per heavy atom. The Balaban J connectivity index is 2.13. The number of esters is 1. The molecule has 0 heterocycles. The number of carboxylic acid groups (broad SMARTS) is 1. The van der Waals surface area contributed by atoms with Crippen LogP contribution in [0.2, 0.25) is 0 Å². The third-order valence-electron chi connectivity index (χ3n) is 8.26. The number of aryl methyl sites for hydroxylation is 6. The molecule has 0 saturated heterocycles. The van der Waals surface area contributed by atoms with Gasteiger partial charge in [0.2, 0.25) is 18.2 Å². The fourth-order valence-electron chi connectivity index (χ4n) is 6.41. The molecule has 1 aliphatic rings. The van der Waals surface area contributed by atoms with Crippen LogP contribution < -0.4 is 0 Å². The molecule has 0 spiro atoms. The first kappa shape index (κ1) is 33.7. The Hall–Kier alpha value is -2.76. The quantitative estimate of drug-likeness (QED) is 0.112. The van der Waals surface area contributed by atoms with Crippen LogP contribution in [0.3, 0.4) is 0 Å². The second kappa shape index (κ2) is 14.1. The van der Waals surface area contributed by atoms with Gasteiger partial charge in [0, 0.05) is 11.1 Å². The molecule has 7 nitrogen and oxygen atoms in total. The van der Waals surface area contributed by atoms with E-state index in [1.54, 1.807) is 52.0 Å². The average Bonchev–Trinajstić information content (AvgIpc) is 2.90. The molecule has 1 aliphatic carbocycles. The van der Waals surface area contributed by atoms with Crippen LogP contribution in [0, 0.1) is 47.5 Å². The molecule has 3 rings (SSSR count). The summed E-state index contributed by atoms with van der Waals surface area (Å²) in [5.74, 6) is -2.35. The normalized spacial score (nSPS) is 15.6. The van der Waals surface area contributed by atoms with E-state index in [0.717, 1.165) is 30.4 Å². The highest BCUT2D eigenvalue weighted by atomic mass is 35.5. The highest BCUT2D eigenvalue weighted by Gasteiger charge is 2.57. The molecule has 1 fully saturated rings. The molecule has 1 saturated carbocycles. The van der Waals surface area contributed by atoms with Crippen molar-refractivity contribution >= 4 is 41.7 Å². The number of hydrogen-bond acceptors (Lipinski definition) is 6. The van der Waals surface area contributed by atoms with E-state index in [2.05, 4.69) is 0 Å². The van der Waals surface area contributed by atoms with Crippen molar-refractivity contribution in [2.75, 3.05) is 6.61 Å². The van der Waals surface area contributed by atoms with Crippen molar-refractivity contribution in [1.29, 1.82) is 0 Å². The van der Waals surface area contributed by atoms with Crippen molar-refractivity contribution in [2.24, 2.45) is 5.92 Å². The highest BCUT2D eigenvalue weighted by molar-refractivity contribution is 7.96. The minimum absolute atomic E-state index is 0.0176.